The van der Waals surface area contributed by atoms with Crippen LogP contribution in [0.25, 0.3) is 22.3 Å². The zero-order chi connectivity index (χ0) is 22.7. The number of rotatable bonds is 0. The van der Waals surface area contributed by atoms with Crippen LogP contribution in [0.2, 0.25) is 0 Å². The molecule has 164 valence electrons. The van der Waals surface area contributed by atoms with E-state index in [1.807, 2.05) is 6.20 Å². The standard InChI is InChI=1S/C33H22N2/c1-3-7-24-20(6-1)16-27-26(24)9-10-30-28(27)17-29-32-22(13-19-5-2-4-8-25(19)32)15-23-14-21-11-12-34-18-31(21)35(30)33(23)29/h1-12,15,18H,13-14,16-17H2. The fraction of sp³-hybridized carbons (Fsp3) is 0.121. The van der Waals surface area contributed by atoms with E-state index in [0.717, 1.165) is 25.7 Å². The van der Waals surface area contributed by atoms with E-state index in [1.54, 1.807) is 0 Å². The monoisotopic (exact) mass is 446 g/mol. The zero-order valence-electron chi connectivity index (χ0n) is 19.3. The van der Waals surface area contributed by atoms with Crippen molar-refractivity contribution in [2.24, 2.45) is 0 Å². The molecule has 2 heteroatoms. The van der Waals surface area contributed by atoms with Crippen LogP contribution in [-0.2, 0) is 25.7 Å². The average Bonchev–Trinajstić information content (AvgIpc) is 3.47. The van der Waals surface area contributed by atoms with Crippen molar-refractivity contribution < 1.29 is 0 Å². The first-order valence-electron chi connectivity index (χ1n) is 12.6. The van der Waals surface area contributed by atoms with E-state index < -0.39 is 0 Å². The van der Waals surface area contributed by atoms with E-state index in [9.17, 15) is 0 Å². The van der Waals surface area contributed by atoms with Gasteiger partial charge in [0.15, 0.2) is 0 Å². The molecule has 5 aromatic rings. The van der Waals surface area contributed by atoms with Crippen molar-refractivity contribution in [1.82, 2.24) is 4.98 Å². The second-order valence-corrected chi connectivity index (χ2v) is 10.3. The van der Waals surface area contributed by atoms with Crippen molar-refractivity contribution in [1.29, 1.82) is 0 Å². The Morgan fingerprint density at radius 1 is 0.543 bits per heavy atom. The van der Waals surface area contributed by atoms with Crippen LogP contribution in [0, 0.1) is 0 Å². The minimum Gasteiger partial charge on any atom is -0.308 e. The Balaban J connectivity index is 1.37. The average molecular weight is 447 g/mol. The van der Waals surface area contributed by atoms with Crippen LogP contribution >= 0.6 is 0 Å². The molecular formula is C33H22N2. The number of hydrogen-bond donors (Lipinski definition) is 0. The molecule has 0 unspecified atom stereocenters. The molecule has 0 N–H and O–H groups in total. The topological polar surface area (TPSA) is 16.1 Å². The van der Waals surface area contributed by atoms with Gasteiger partial charge in [0.25, 0.3) is 0 Å². The first kappa shape index (κ1) is 18.2. The second kappa shape index (κ2) is 6.28. The molecule has 0 saturated carbocycles. The smallest absolute Gasteiger partial charge is 0.0680 e. The minimum absolute atomic E-state index is 0.978. The summed E-state index contributed by atoms with van der Waals surface area (Å²) in [6.07, 6.45) is 8.05. The SMILES string of the molecule is c1ccc2c(c1)Cc1c-2ccc2c1Cc1c3c(cc4c1N2c1cnccc1C4)Cc1ccccc1-3. The third kappa shape index (κ3) is 2.23. The third-order valence-electron chi connectivity index (χ3n) is 8.64. The predicted molar refractivity (Wildman–Crippen MR) is 141 cm³/mol. The molecule has 2 aliphatic heterocycles. The summed E-state index contributed by atoms with van der Waals surface area (Å²) >= 11 is 0. The van der Waals surface area contributed by atoms with Crippen LogP contribution in [0.4, 0.5) is 17.1 Å². The zero-order valence-corrected chi connectivity index (χ0v) is 19.3. The molecule has 0 fully saturated rings. The van der Waals surface area contributed by atoms with Crippen LogP contribution in [0.1, 0.15) is 44.5 Å². The fourth-order valence-corrected chi connectivity index (χ4v) is 7.23. The molecule has 4 aliphatic rings. The third-order valence-corrected chi connectivity index (χ3v) is 8.64. The Bertz CT molecular complexity index is 1760. The molecule has 3 heterocycles. The number of anilines is 3. The summed E-state index contributed by atoms with van der Waals surface area (Å²) in [5, 5.41) is 0. The fourth-order valence-electron chi connectivity index (χ4n) is 7.23. The summed E-state index contributed by atoms with van der Waals surface area (Å²) in [7, 11) is 0. The van der Waals surface area contributed by atoms with E-state index in [4.69, 9.17) is 0 Å². The summed E-state index contributed by atoms with van der Waals surface area (Å²) in [6.45, 7) is 0. The Morgan fingerprint density at radius 3 is 2.26 bits per heavy atom. The number of aromatic nitrogens is 1. The summed E-state index contributed by atoms with van der Waals surface area (Å²) in [5.41, 5.74) is 21.5. The number of pyridine rings is 1. The van der Waals surface area contributed by atoms with Crippen LogP contribution in [0.3, 0.4) is 0 Å². The number of fused-ring (bicyclic) bond motifs is 12. The molecule has 0 atom stereocenters. The van der Waals surface area contributed by atoms with Gasteiger partial charge >= 0.3 is 0 Å². The molecule has 0 spiro atoms. The molecule has 9 rings (SSSR count). The van der Waals surface area contributed by atoms with Crippen molar-refractivity contribution in [3.05, 3.63) is 130 Å². The normalized spacial score (nSPS) is 14.9. The lowest BCUT2D eigenvalue weighted by molar-refractivity contribution is 0.986. The van der Waals surface area contributed by atoms with Crippen LogP contribution in [-0.4, -0.2) is 4.98 Å². The molecular weight excluding hydrogens is 424 g/mol. The van der Waals surface area contributed by atoms with Crippen molar-refractivity contribution in [3.8, 4) is 22.3 Å². The van der Waals surface area contributed by atoms with E-state index >= 15 is 0 Å². The number of hydrogen-bond acceptors (Lipinski definition) is 2. The highest BCUT2D eigenvalue weighted by Gasteiger charge is 2.38. The maximum atomic E-state index is 4.57. The first-order chi connectivity index (χ1) is 17.3. The molecule has 35 heavy (non-hydrogen) atoms. The van der Waals surface area contributed by atoms with Gasteiger partial charge in [-0.05, 0) is 91.7 Å². The van der Waals surface area contributed by atoms with Gasteiger partial charge in [0.1, 0.15) is 0 Å². The van der Waals surface area contributed by atoms with Gasteiger partial charge in [-0.1, -0.05) is 60.7 Å². The highest BCUT2D eigenvalue weighted by atomic mass is 15.2. The second-order valence-electron chi connectivity index (χ2n) is 10.3. The van der Waals surface area contributed by atoms with Crippen molar-refractivity contribution >= 4 is 17.1 Å². The lowest BCUT2D eigenvalue weighted by Crippen LogP contribution is -2.26. The maximum absolute atomic E-state index is 4.57. The van der Waals surface area contributed by atoms with Gasteiger partial charge in [-0.2, -0.15) is 0 Å². The van der Waals surface area contributed by atoms with Crippen LogP contribution < -0.4 is 4.90 Å². The van der Waals surface area contributed by atoms with E-state index in [2.05, 4.69) is 88.9 Å². The highest BCUT2D eigenvalue weighted by molar-refractivity contribution is 5.97. The number of benzene rings is 4. The Hall–Kier alpha value is -4.17. The molecule has 2 aliphatic carbocycles. The highest BCUT2D eigenvalue weighted by Crippen LogP contribution is 2.57. The van der Waals surface area contributed by atoms with Gasteiger partial charge in [0, 0.05) is 19.0 Å². The van der Waals surface area contributed by atoms with Gasteiger partial charge in [-0.15, -0.1) is 0 Å². The van der Waals surface area contributed by atoms with Crippen molar-refractivity contribution in [2.75, 3.05) is 4.90 Å². The van der Waals surface area contributed by atoms with Crippen LogP contribution in [0.15, 0.2) is 85.2 Å². The van der Waals surface area contributed by atoms with Crippen molar-refractivity contribution in [2.45, 2.75) is 25.7 Å². The van der Waals surface area contributed by atoms with E-state index in [0.29, 0.717) is 0 Å². The Labute approximate surface area is 204 Å². The first-order valence-corrected chi connectivity index (χ1v) is 12.6. The van der Waals surface area contributed by atoms with Gasteiger partial charge in [-0.3, -0.25) is 4.98 Å². The Morgan fingerprint density at radius 2 is 1.34 bits per heavy atom. The Kier molecular flexibility index (Phi) is 3.27. The van der Waals surface area contributed by atoms with Gasteiger partial charge in [-0.25, -0.2) is 0 Å². The van der Waals surface area contributed by atoms with Gasteiger partial charge in [0.05, 0.1) is 23.3 Å². The molecule has 0 amide bonds. The van der Waals surface area contributed by atoms with E-state index in [1.165, 1.54) is 83.8 Å². The molecule has 0 bridgehead atoms. The molecule has 2 nitrogen and oxygen atoms in total. The molecule has 4 aromatic carbocycles. The van der Waals surface area contributed by atoms with Crippen molar-refractivity contribution in [3.63, 3.8) is 0 Å². The van der Waals surface area contributed by atoms with Crippen LogP contribution in [0.5, 0.6) is 0 Å². The quantitative estimate of drug-likeness (QED) is 0.240. The number of nitrogens with zero attached hydrogens (tertiary/aromatic N) is 2. The van der Waals surface area contributed by atoms with Gasteiger partial charge in [0.2, 0.25) is 0 Å². The van der Waals surface area contributed by atoms with E-state index in [-0.39, 0.29) is 0 Å². The predicted octanol–water partition coefficient (Wildman–Crippen LogP) is 7.50. The summed E-state index contributed by atoms with van der Waals surface area (Å²) in [6, 6.07) is 27.4. The molecule has 0 saturated heterocycles. The largest absolute Gasteiger partial charge is 0.308 e. The molecule has 0 radical (unpaired) electrons. The van der Waals surface area contributed by atoms with Gasteiger partial charge < -0.3 is 4.90 Å². The maximum Gasteiger partial charge on any atom is 0.0680 e. The molecule has 1 aromatic heterocycles. The lowest BCUT2D eigenvalue weighted by atomic mass is 9.80. The lowest BCUT2D eigenvalue weighted by Gasteiger charge is -2.41. The summed E-state index contributed by atoms with van der Waals surface area (Å²) in [5.74, 6) is 0. The minimum atomic E-state index is 0.978. The summed E-state index contributed by atoms with van der Waals surface area (Å²) in [4.78, 5) is 7.11. The summed E-state index contributed by atoms with van der Waals surface area (Å²) < 4.78 is 0.